The molecule has 4 nitrogen and oxygen atoms in total. The predicted molar refractivity (Wildman–Crippen MR) is 101 cm³/mol. The summed E-state index contributed by atoms with van der Waals surface area (Å²) in [7, 11) is 0. The summed E-state index contributed by atoms with van der Waals surface area (Å²) in [4.78, 5) is 12.8. The maximum atomic E-state index is 12.8. The van der Waals surface area contributed by atoms with Crippen LogP contribution in [0.2, 0.25) is 10.0 Å². The second kappa shape index (κ2) is 6.63. The fraction of sp³-hybridized carbons (Fsp3) is 0.278. The monoisotopic (exact) mass is 391 g/mol. The average Bonchev–Trinajstić information content (AvgIpc) is 3.20. The number of ketones is 1. The first-order valence-electron chi connectivity index (χ1n) is 8.05. The van der Waals surface area contributed by atoms with Crippen molar-refractivity contribution in [2.24, 2.45) is 0 Å². The van der Waals surface area contributed by atoms with Crippen molar-refractivity contribution in [3.05, 3.63) is 57.2 Å². The smallest absolute Gasteiger partial charge is 0.196 e. The van der Waals surface area contributed by atoms with E-state index in [1.54, 1.807) is 16.7 Å². The summed E-state index contributed by atoms with van der Waals surface area (Å²) in [5, 5.41) is 9.48. The number of rotatable bonds is 4. The van der Waals surface area contributed by atoms with Crippen molar-refractivity contribution in [1.82, 2.24) is 14.6 Å². The van der Waals surface area contributed by atoms with E-state index in [1.807, 2.05) is 19.1 Å². The van der Waals surface area contributed by atoms with Crippen molar-refractivity contribution >= 4 is 46.4 Å². The molecule has 0 bridgehead atoms. The zero-order chi connectivity index (χ0) is 17.6. The number of carbonyl (C=O) groups is 1. The van der Waals surface area contributed by atoms with Crippen molar-refractivity contribution < 1.29 is 4.79 Å². The summed E-state index contributed by atoms with van der Waals surface area (Å²) in [6.07, 6.45) is 5.05. The molecule has 2 aromatic heterocycles. The van der Waals surface area contributed by atoms with Gasteiger partial charge < -0.3 is 0 Å². The van der Waals surface area contributed by atoms with Crippen LogP contribution >= 0.6 is 35.0 Å². The minimum absolute atomic E-state index is 0.0876. The first kappa shape index (κ1) is 16.9. The lowest BCUT2D eigenvalue weighted by Gasteiger charge is -2.10. The first-order valence-corrected chi connectivity index (χ1v) is 9.69. The van der Waals surface area contributed by atoms with Crippen LogP contribution in [-0.4, -0.2) is 25.6 Å². The van der Waals surface area contributed by atoms with Gasteiger partial charge in [-0.2, -0.15) is 0 Å². The number of aromatic nitrogens is 3. The number of benzene rings is 1. The summed E-state index contributed by atoms with van der Waals surface area (Å²) in [6.45, 7) is 1.88. The molecule has 0 unspecified atom stereocenters. The average molecular weight is 392 g/mol. The van der Waals surface area contributed by atoms with Crippen LogP contribution in [0.25, 0.3) is 5.65 Å². The van der Waals surface area contributed by atoms with Crippen LogP contribution in [0.3, 0.4) is 0 Å². The van der Waals surface area contributed by atoms with E-state index >= 15 is 0 Å². The van der Waals surface area contributed by atoms with E-state index in [0.29, 0.717) is 20.8 Å². The normalized spacial score (nSPS) is 14.7. The van der Waals surface area contributed by atoms with Gasteiger partial charge in [-0.3, -0.25) is 9.20 Å². The van der Waals surface area contributed by atoms with E-state index in [9.17, 15) is 4.79 Å². The van der Waals surface area contributed by atoms with E-state index in [0.717, 1.165) is 18.4 Å². The molecule has 1 aliphatic rings. The Balaban J connectivity index is 1.59. The number of fused-ring (bicyclic) bond motifs is 2. The van der Waals surface area contributed by atoms with Gasteiger partial charge in [0.2, 0.25) is 0 Å². The minimum atomic E-state index is -0.287. The topological polar surface area (TPSA) is 47.3 Å². The van der Waals surface area contributed by atoms with Gasteiger partial charge in [0.25, 0.3) is 0 Å². The molecule has 0 saturated heterocycles. The number of nitrogens with zero attached hydrogens (tertiary/aromatic N) is 3. The highest BCUT2D eigenvalue weighted by Crippen LogP contribution is 2.30. The summed E-state index contributed by atoms with van der Waals surface area (Å²) in [5.74, 6) is 0.0876. The molecule has 0 N–H and O–H groups in total. The summed E-state index contributed by atoms with van der Waals surface area (Å²) >= 11 is 13.6. The van der Waals surface area contributed by atoms with Crippen molar-refractivity contribution in [2.75, 3.05) is 0 Å². The Morgan fingerprint density at radius 1 is 1.20 bits per heavy atom. The van der Waals surface area contributed by atoms with Crippen molar-refractivity contribution in [3.8, 4) is 0 Å². The third-order valence-corrected chi connectivity index (χ3v) is 5.97. The van der Waals surface area contributed by atoms with Gasteiger partial charge in [-0.1, -0.05) is 47.1 Å². The molecular weight excluding hydrogens is 377 g/mol. The van der Waals surface area contributed by atoms with Crippen LogP contribution in [0.1, 0.15) is 34.8 Å². The maximum absolute atomic E-state index is 12.8. The van der Waals surface area contributed by atoms with Gasteiger partial charge in [-0.15, -0.1) is 10.2 Å². The number of hydrogen-bond acceptors (Lipinski definition) is 4. The molecule has 1 aromatic carbocycles. The van der Waals surface area contributed by atoms with E-state index in [1.165, 1.54) is 29.3 Å². The van der Waals surface area contributed by atoms with E-state index in [4.69, 9.17) is 23.2 Å². The molecule has 25 heavy (non-hydrogen) atoms. The van der Waals surface area contributed by atoms with E-state index < -0.39 is 0 Å². The van der Waals surface area contributed by atoms with Crippen molar-refractivity contribution in [2.45, 2.75) is 36.6 Å². The molecule has 0 amide bonds. The van der Waals surface area contributed by atoms with Gasteiger partial charge in [-0.05, 0) is 49.4 Å². The highest BCUT2D eigenvalue weighted by Gasteiger charge is 2.22. The van der Waals surface area contributed by atoms with Crippen LogP contribution < -0.4 is 0 Å². The molecule has 0 fully saturated rings. The van der Waals surface area contributed by atoms with Gasteiger partial charge in [0.1, 0.15) is 0 Å². The molecule has 4 rings (SSSR count). The zero-order valence-electron chi connectivity index (χ0n) is 13.5. The van der Waals surface area contributed by atoms with Crippen molar-refractivity contribution in [3.63, 3.8) is 0 Å². The number of pyridine rings is 1. The zero-order valence-corrected chi connectivity index (χ0v) is 15.8. The van der Waals surface area contributed by atoms with E-state index in [2.05, 4.69) is 16.3 Å². The molecule has 3 aromatic rings. The van der Waals surface area contributed by atoms with Gasteiger partial charge in [-0.25, -0.2) is 0 Å². The molecule has 7 heteroatoms. The Hall–Kier alpha value is -1.56. The van der Waals surface area contributed by atoms with E-state index in [-0.39, 0.29) is 11.0 Å². The first-order chi connectivity index (χ1) is 12.0. The molecule has 0 aliphatic heterocycles. The Bertz CT molecular complexity index is 986. The van der Waals surface area contributed by atoms with Crippen molar-refractivity contribution in [1.29, 1.82) is 0 Å². The van der Waals surface area contributed by atoms with Crippen LogP contribution in [0.4, 0.5) is 0 Å². The van der Waals surface area contributed by atoms with Crippen LogP contribution in [0.5, 0.6) is 0 Å². The number of thioether (sulfide) groups is 1. The lowest BCUT2D eigenvalue weighted by molar-refractivity contribution is 0.0994. The molecular formula is C18H15Cl2N3OS. The highest BCUT2D eigenvalue weighted by atomic mass is 35.5. The fourth-order valence-electron chi connectivity index (χ4n) is 3.15. The van der Waals surface area contributed by atoms with Gasteiger partial charge >= 0.3 is 0 Å². The maximum Gasteiger partial charge on any atom is 0.196 e. The minimum Gasteiger partial charge on any atom is -0.293 e. The SMILES string of the molecule is C[C@H](Sc1nnc2c(Cl)cc(Cl)cn12)C(=O)c1ccc2c(c1)CCC2. The van der Waals surface area contributed by atoms with Crippen LogP contribution in [0.15, 0.2) is 35.6 Å². The number of Topliss-reactive ketones (excluding diaryl/α,β-unsaturated/α-hetero) is 1. The molecule has 0 radical (unpaired) electrons. The molecule has 128 valence electrons. The quantitative estimate of drug-likeness (QED) is 0.469. The third-order valence-electron chi connectivity index (χ3n) is 4.43. The number of hydrogen-bond donors (Lipinski definition) is 0. The van der Waals surface area contributed by atoms with Crippen LogP contribution in [-0.2, 0) is 12.8 Å². The molecule has 1 atom stereocenters. The lowest BCUT2D eigenvalue weighted by atomic mass is 10.0. The highest BCUT2D eigenvalue weighted by molar-refractivity contribution is 8.00. The summed E-state index contributed by atoms with van der Waals surface area (Å²) in [6, 6.07) is 7.68. The summed E-state index contributed by atoms with van der Waals surface area (Å²) < 4.78 is 1.72. The predicted octanol–water partition coefficient (Wildman–Crippen LogP) is 4.89. The van der Waals surface area contributed by atoms with Gasteiger partial charge in [0, 0.05) is 11.8 Å². The molecule has 1 aliphatic carbocycles. The summed E-state index contributed by atoms with van der Waals surface area (Å²) in [5.41, 5.74) is 3.95. The van der Waals surface area contributed by atoms with Crippen LogP contribution in [0, 0.1) is 0 Å². The number of halogens is 2. The lowest BCUT2D eigenvalue weighted by Crippen LogP contribution is -2.14. The Labute approximate surface area is 159 Å². The molecule has 0 saturated carbocycles. The van der Waals surface area contributed by atoms with Gasteiger partial charge in [0.05, 0.1) is 15.3 Å². The largest absolute Gasteiger partial charge is 0.293 e. The number of carbonyl (C=O) groups excluding carboxylic acids is 1. The standard InChI is InChI=1S/C18H15Cl2N3OS/c1-10(16(24)13-6-5-11-3-2-4-12(11)7-13)25-18-22-21-17-15(20)8-14(19)9-23(17)18/h5-10H,2-4H2,1H3/t10-/m0/s1. The second-order valence-electron chi connectivity index (χ2n) is 6.14. The molecule has 2 heterocycles. The van der Waals surface area contributed by atoms with Gasteiger partial charge in [0.15, 0.2) is 16.6 Å². The Morgan fingerprint density at radius 3 is 2.84 bits per heavy atom. The Morgan fingerprint density at radius 2 is 2.00 bits per heavy atom. The Kier molecular flexibility index (Phi) is 4.48. The fourth-order valence-corrected chi connectivity index (χ4v) is 4.56. The second-order valence-corrected chi connectivity index (χ2v) is 8.30. The third kappa shape index (κ3) is 3.16. The number of aryl methyl sites for hydroxylation is 2. The molecule has 0 spiro atoms.